The first-order chi connectivity index (χ1) is 17.0. The molecular weight excluding hydrogens is 522 g/mol. The molecule has 204 valence electrons. The average molecular weight is 551 g/mol. The summed E-state index contributed by atoms with van der Waals surface area (Å²) in [7, 11) is -4.14. The Balaban J connectivity index is 1.63. The van der Waals surface area contributed by atoms with Crippen LogP contribution in [0.5, 0.6) is 0 Å². The van der Waals surface area contributed by atoms with E-state index >= 15 is 0 Å². The molecule has 12 heteroatoms. The number of nitrogens with zero attached hydrogens (tertiary/aromatic N) is 1. The van der Waals surface area contributed by atoms with Gasteiger partial charge in [0.2, 0.25) is 5.91 Å². The third kappa shape index (κ3) is 6.28. The van der Waals surface area contributed by atoms with Crippen molar-refractivity contribution in [2.45, 2.75) is 61.4 Å². The number of carbonyl (C=O) groups excluding carboxylic acids is 1. The van der Waals surface area contributed by atoms with Crippen LogP contribution in [0.4, 0.5) is 26.3 Å². The van der Waals surface area contributed by atoms with Gasteiger partial charge in [-0.1, -0.05) is 6.07 Å². The van der Waals surface area contributed by atoms with Crippen LogP contribution in [-0.2, 0) is 27.2 Å². The van der Waals surface area contributed by atoms with E-state index in [9.17, 15) is 39.6 Å². The lowest BCUT2D eigenvalue weighted by molar-refractivity contribution is -0.137. The molecule has 1 aliphatic heterocycles. The Labute approximate surface area is 211 Å². The Kier molecular flexibility index (Phi) is 8.33. The van der Waals surface area contributed by atoms with Gasteiger partial charge in [-0.3, -0.25) is 4.79 Å². The zero-order valence-electron chi connectivity index (χ0n) is 20.3. The second-order valence-corrected chi connectivity index (χ2v) is 12.3. The third-order valence-corrected chi connectivity index (χ3v) is 9.60. The number of alkyl halides is 3. The van der Waals surface area contributed by atoms with Crippen LogP contribution in [0.3, 0.4) is 0 Å². The summed E-state index contributed by atoms with van der Waals surface area (Å²) >= 11 is 0. The van der Waals surface area contributed by atoms with Crippen molar-refractivity contribution in [3.63, 3.8) is 0 Å². The highest BCUT2D eigenvalue weighted by Gasteiger charge is 2.45. The van der Waals surface area contributed by atoms with E-state index in [1.54, 1.807) is 0 Å². The monoisotopic (exact) mass is 550 g/mol. The van der Waals surface area contributed by atoms with Crippen molar-refractivity contribution in [2.24, 2.45) is 11.7 Å². The second kappa shape index (κ2) is 10.6. The Hall–Kier alpha value is -2.60. The van der Waals surface area contributed by atoms with Gasteiger partial charge in [0.05, 0.1) is 15.2 Å². The molecule has 0 saturated carbocycles. The van der Waals surface area contributed by atoms with E-state index in [0.29, 0.717) is 31.0 Å². The molecule has 2 aromatic rings. The Morgan fingerprint density at radius 2 is 1.62 bits per heavy atom. The minimum absolute atomic E-state index is 0.153. The molecule has 5 nitrogen and oxygen atoms in total. The molecule has 0 aromatic heterocycles. The van der Waals surface area contributed by atoms with Gasteiger partial charge in [-0.15, -0.1) is 0 Å². The van der Waals surface area contributed by atoms with Crippen molar-refractivity contribution >= 4 is 15.7 Å². The first-order valence-corrected chi connectivity index (χ1v) is 13.1. The largest absolute Gasteiger partial charge is 0.416 e. The van der Waals surface area contributed by atoms with Crippen LogP contribution in [0, 0.1) is 23.4 Å². The standard InChI is InChI=1S/C25H28F6N2O3S/c1-24(2,37(35,36)19-5-3-4-17(12-19)25(29,30)31)16-6-8-33(9-7-16)23(34)13-18(32)10-15-11-21(27)22(28)14-20(15)26/h3-5,11-12,14,16,18H,6-10,13,32H2,1-2H3/t18-/m1/s1. The summed E-state index contributed by atoms with van der Waals surface area (Å²) in [4.78, 5) is 13.8. The molecule has 1 aliphatic rings. The van der Waals surface area contributed by atoms with Gasteiger partial charge >= 0.3 is 6.18 Å². The van der Waals surface area contributed by atoms with Crippen molar-refractivity contribution in [1.29, 1.82) is 0 Å². The number of amides is 1. The van der Waals surface area contributed by atoms with Crippen LogP contribution < -0.4 is 5.73 Å². The molecule has 1 amide bonds. The van der Waals surface area contributed by atoms with Crippen LogP contribution in [-0.4, -0.2) is 43.1 Å². The van der Waals surface area contributed by atoms with Crippen LogP contribution in [0.15, 0.2) is 41.3 Å². The van der Waals surface area contributed by atoms with Crippen LogP contribution in [0.2, 0.25) is 0 Å². The van der Waals surface area contributed by atoms with E-state index < -0.39 is 60.6 Å². The number of sulfone groups is 1. The number of halogens is 6. The smallest absolute Gasteiger partial charge is 0.343 e. The van der Waals surface area contributed by atoms with E-state index in [2.05, 4.69) is 0 Å². The van der Waals surface area contributed by atoms with Crippen LogP contribution >= 0.6 is 0 Å². The summed E-state index contributed by atoms with van der Waals surface area (Å²) in [6.45, 7) is 3.35. The lowest BCUT2D eigenvalue weighted by Crippen LogP contribution is -2.48. The number of hydrogen-bond acceptors (Lipinski definition) is 4. The molecule has 1 atom stereocenters. The molecule has 0 aliphatic carbocycles. The van der Waals surface area contributed by atoms with Crippen molar-refractivity contribution < 1.29 is 39.6 Å². The fraction of sp³-hybridized carbons (Fsp3) is 0.480. The highest BCUT2D eigenvalue weighted by molar-refractivity contribution is 7.92. The summed E-state index contributed by atoms with van der Waals surface area (Å²) in [5, 5.41) is 0. The van der Waals surface area contributed by atoms with E-state index in [-0.39, 0.29) is 37.4 Å². The maximum atomic E-state index is 13.9. The van der Waals surface area contributed by atoms with Gasteiger partial charge in [0.25, 0.3) is 0 Å². The topological polar surface area (TPSA) is 80.5 Å². The maximum absolute atomic E-state index is 13.9. The Morgan fingerprint density at radius 3 is 2.22 bits per heavy atom. The Bertz CT molecular complexity index is 1260. The molecule has 2 aromatic carbocycles. The van der Waals surface area contributed by atoms with Crippen molar-refractivity contribution in [1.82, 2.24) is 4.90 Å². The maximum Gasteiger partial charge on any atom is 0.416 e. The van der Waals surface area contributed by atoms with Gasteiger partial charge in [-0.05, 0) is 68.9 Å². The SMILES string of the molecule is CC(C)(C1CCN(C(=O)C[C@H](N)Cc2cc(F)c(F)cc2F)CC1)S(=O)(=O)c1cccc(C(F)(F)F)c1. The van der Waals surface area contributed by atoms with Gasteiger partial charge in [0.15, 0.2) is 21.5 Å². The number of nitrogens with two attached hydrogens (primary N) is 1. The summed E-state index contributed by atoms with van der Waals surface area (Å²) in [5.41, 5.74) is 4.74. The Morgan fingerprint density at radius 1 is 1.03 bits per heavy atom. The number of benzene rings is 2. The zero-order valence-corrected chi connectivity index (χ0v) is 21.1. The molecule has 1 saturated heterocycles. The summed E-state index contributed by atoms with van der Waals surface area (Å²) in [6.07, 6.45) is -4.46. The van der Waals surface area contributed by atoms with Gasteiger partial charge in [0, 0.05) is 31.6 Å². The number of piperidine rings is 1. The predicted octanol–water partition coefficient (Wildman–Crippen LogP) is 4.87. The predicted molar refractivity (Wildman–Crippen MR) is 125 cm³/mol. The summed E-state index contributed by atoms with van der Waals surface area (Å²) in [5.74, 6) is -4.30. The van der Waals surface area contributed by atoms with Crippen molar-refractivity contribution in [3.8, 4) is 0 Å². The van der Waals surface area contributed by atoms with Crippen molar-refractivity contribution in [3.05, 3.63) is 65.0 Å². The molecule has 3 rings (SSSR count). The first kappa shape index (κ1) is 29.0. The lowest BCUT2D eigenvalue weighted by atomic mass is 9.85. The van der Waals surface area contributed by atoms with Crippen LogP contribution in [0.1, 0.15) is 44.2 Å². The molecule has 1 heterocycles. The number of likely N-dealkylation sites (tertiary alicyclic amines) is 1. The molecular formula is C25H28F6N2O3S. The summed E-state index contributed by atoms with van der Waals surface area (Å²) < 4.78 is 105. The van der Waals surface area contributed by atoms with Gasteiger partial charge in [0.1, 0.15) is 5.82 Å². The van der Waals surface area contributed by atoms with Crippen LogP contribution in [0.25, 0.3) is 0 Å². The molecule has 0 bridgehead atoms. The highest BCUT2D eigenvalue weighted by atomic mass is 32.2. The fourth-order valence-corrected chi connectivity index (χ4v) is 6.44. The number of rotatable bonds is 7. The molecule has 2 N–H and O–H groups in total. The normalized spacial score (nSPS) is 16.6. The minimum atomic E-state index is -4.68. The third-order valence-electron chi connectivity index (χ3n) is 7.00. The lowest BCUT2D eigenvalue weighted by Gasteiger charge is -2.40. The molecule has 0 spiro atoms. The number of hydrogen-bond donors (Lipinski definition) is 1. The quantitative estimate of drug-likeness (QED) is 0.394. The van der Waals surface area contributed by atoms with E-state index in [1.807, 2.05) is 0 Å². The van der Waals surface area contributed by atoms with Crippen molar-refractivity contribution in [2.75, 3.05) is 13.1 Å². The summed E-state index contributed by atoms with van der Waals surface area (Å²) in [6, 6.07) is 3.90. The molecule has 0 unspecified atom stereocenters. The molecule has 1 fully saturated rings. The number of carbonyl (C=O) groups is 1. The first-order valence-electron chi connectivity index (χ1n) is 11.6. The highest BCUT2D eigenvalue weighted by Crippen LogP contribution is 2.39. The van der Waals surface area contributed by atoms with E-state index in [0.717, 1.165) is 18.2 Å². The van der Waals surface area contributed by atoms with Gasteiger partial charge < -0.3 is 10.6 Å². The zero-order chi connectivity index (χ0) is 27.8. The molecule has 0 radical (unpaired) electrons. The molecule has 37 heavy (non-hydrogen) atoms. The second-order valence-electron chi connectivity index (χ2n) is 9.81. The minimum Gasteiger partial charge on any atom is -0.343 e. The van der Waals surface area contributed by atoms with Gasteiger partial charge in [-0.2, -0.15) is 13.2 Å². The van der Waals surface area contributed by atoms with Gasteiger partial charge in [-0.25, -0.2) is 21.6 Å². The average Bonchev–Trinajstić information content (AvgIpc) is 2.82. The van der Waals surface area contributed by atoms with E-state index in [1.165, 1.54) is 18.7 Å². The van der Waals surface area contributed by atoms with E-state index in [4.69, 9.17) is 5.73 Å². The fourth-order valence-electron chi connectivity index (χ4n) is 4.62.